The first-order chi connectivity index (χ1) is 15.2. The molecule has 0 fully saturated rings. The lowest BCUT2D eigenvalue weighted by molar-refractivity contribution is 0.0429. The predicted molar refractivity (Wildman–Crippen MR) is 134 cm³/mol. The number of imide groups is 1. The molecule has 3 heterocycles. The van der Waals surface area contributed by atoms with E-state index >= 15 is 0 Å². The molecule has 0 aromatic carbocycles. The Labute approximate surface area is 206 Å². The molecule has 0 bridgehead atoms. The summed E-state index contributed by atoms with van der Waals surface area (Å²) in [6.45, 7) is 12.3. The van der Waals surface area contributed by atoms with E-state index in [0.717, 1.165) is 25.1 Å². The second-order valence-corrected chi connectivity index (χ2v) is 10.7. The highest BCUT2D eigenvalue weighted by atomic mass is 127. The van der Waals surface area contributed by atoms with Crippen molar-refractivity contribution in [2.24, 2.45) is 7.05 Å². The molecule has 33 heavy (non-hydrogen) atoms. The van der Waals surface area contributed by atoms with E-state index in [-0.39, 0.29) is 5.82 Å². The van der Waals surface area contributed by atoms with Crippen LogP contribution in [0, 0.1) is 10.5 Å². The van der Waals surface area contributed by atoms with Crippen LogP contribution in [0.2, 0.25) is 0 Å². The lowest BCUT2D eigenvalue weighted by Gasteiger charge is -2.28. The van der Waals surface area contributed by atoms with Gasteiger partial charge < -0.3 is 9.47 Å². The highest BCUT2D eigenvalue weighted by Gasteiger charge is 2.35. The van der Waals surface area contributed by atoms with Gasteiger partial charge in [0, 0.05) is 33.5 Å². The number of aromatic nitrogens is 4. The van der Waals surface area contributed by atoms with Crippen molar-refractivity contribution in [3.63, 3.8) is 0 Å². The minimum absolute atomic E-state index is 0.0392. The van der Waals surface area contributed by atoms with E-state index in [1.807, 2.05) is 26.1 Å². The molecule has 9 nitrogen and oxygen atoms in total. The third kappa shape index (κ3) is 5.60. The zero-order valence-electron chi connectivity index (χ0n) is 20.1. The van der Waals surface area contributed by atoms with E-state index in [1.165, 1.54) is 0 Å². The van der Waals surface area contributed by atoms with Crippen LogP contribution in [-0.4, -0.2) is 43.1 Å². The Morgan fingerprint density at radius 3 is 2.06 bits per heavy atom. The van der Waals surface area contributed by atoms with Gasteiger partial charge in [0.1, 0.15) is 16.7 Å². The topological polar surface area (TPSA) is 99.4 Å². The Morgan fingerprint density at radius 1 is 1.00 bits per heavy atom. The van der Waals surface area contributed by atoms with E-state index in [9.17, 15) is 9.59 Å². The minimum Gasteiger partial charge on any atom is -0.443 e. The summed E-state index contributed by atoms with van der Waals surface area (Å²) in [5.74, 6) is 0.0392. The molecule has 176 valence electrons. The zero-order valence-corrected chi connectivity index (χ0v) is 22.2. The van der Waals surface area contributed by atoms with Gasteiger partial charge in [0.25, 0.3) is 0 Å². The van der Waals surface area contributed by atoms with Crippen LogP contribution < -0.4 is 4.90 Å². The maximum Gasteiger partial charge on any atom is 0.425 e. The minimum atomic E-state index is -0.892. The van der Waals surface area contributed by atoms with Gasteiger partial charge in [-0.25, -0.2) is 19.6 Å². The molecule has 0 spiro atoms. The fourth-order valence-electron chi connectivity index (χ4n) is 3.00. The van der Waals surface area contributed by atoms with Gasteiger partial charge >= 0.3 is 12.2 Å². The number of carbonyl (C=O) groups excluding carboxylic acids is 2. The number of hydrogen-bond donors (Lipinski definition) is 0. The van der Waals surface area contributed by atoms with E-state index in [1.54, 1.807) is 58.6 Å². The van der Waals surface area contributed by atoms with E-state index in [4.69, 9.17) is 14.5 Å². The molecule has 0 saturated carbocycles. The predicted octanol–water partition coefficient (Wildman–Crippen LogP) is 5.62. The van der Waals surface area contributed by atoms with Crippen molar-refractivity contribution in [3.05, 3.63) is 33.8 Å². The van der Waals surface area contributed by atoms with Crippen LogP contribution in [0.3, 0.4) is 0 Å². The first kappa shape index (κ1) is 24.9. The van der Waals surface area contributed by atoms with Crippen LogP contribution in [0.15, 0.2) is 24.5 Å². The molecular weight excluding hydrogens is 537 g/mol. The summed E-state index contributed by atoms with van der Waals surface area (Å²) < 4.78 is 13.6. The second-order valence-electron chi connectivity index (χ2n) is 9.59. The summed E-state index contributed by atoms with van der Waals surface area (Å²) in [4.78, 5) is 36.3. The molecule has 10 heteroatoms. The first-order valence-corrected chi connectivity index (χ1v) is 11.5. The van der Waals surface area contributed by atoms with Gasteiger partial charge in [0.2, 0.25) is 0 Å². The number of fused-ring (bicyclic) bond motifs is 1. The number of halogens is 1. The number of carbonyl (C=O) groups is 2. The second kappa shape index (κ2) is 8.88. The van der Waals surface area contributed by atoms with Crippen molar-refractivity contribution < 1.29 is 19.1 Å². The number of aryl methyl sites for hydroxylation is 1. The van der Waals surface area contributed by atoms with Crippen LogP contribution in [0.5, 0.6) is 0 Å². The normalized spacial score (nSPS) is 12.0. The molecule has 3 aromatic heterocycles. The maximum absolute atomic E-state index is 13.1. The van der Waals surface area contributed by atoms with E-state index in [2.05, 4.69) is 32.7 Å². The molecular formula is C23H28IN5O4. The quantitative estimate of drug-likeness (QED) is 0.372. The van der Waals surface area contributed by atoms with Crippen LogP contribution in [-0.2, 0) is 16.5 Å². The molecule has 0 atom stereocenters. The van der Waals surface area contributed by atoms with Gasteiger partial charge in [-0.05, 0) is 83.2 Å². The van der Waals surface area contributed by atoms with Crippen molar-refractivity contribution in [1.82, 2.24) is 19.7 Å². The average Bonchev–Trinajstić information content (AvgIpc) is 2.99. The maximum atomic E-state index is 13.1. The molecule has 3 rings (SSSR count). The number of ether oxygens (including phenoxy) is 2. The summed E-state index contributed by atoms with van der Waals surface area (Å²) in [6.07, 6.45) is 1.52. The highest BCUT2D eigenvalue weighted by Crippen LogP contribution is 2.32. The molecule has 0 unspecified atom stereocenters. The first-order valence-electron chi connectivity index (χ1n) is 10.4. The lowest BCUT2D eigenvalue weighted by atomic mass is 10.1. The standard InChI is InChI=1S/C23H28IN5O4/c1-13-15(11-26-28(13)8)17-10-9-14-16(24)12-25-19(18(14)27-17)29(20(30)32-22(2,3)4)21(31)33-23(5,6)7/h9-12H,1-8H3. The van der Waals surface area contributed by atoms with Crippen molar-refractivity contribution in [3.8, 4) is 11.3 Å². The Kier molecular flexibility index (Phi) is 6.69. The number of rotatable bonds is 2. The number of pyridine rings is 2. The number of nitrogens with zero attached hydrogens (tertiary/aromatic N) is 5. The van der Waals surface area contributed by atoms with E-state index in [0.29, 0.717) is 11.2 Å². The molecule has 0 N–H and O–H groups in total. The number of hydrogen-bond acceptors (Lipinski definition) is 7. The van der Waals surface area contributed by atoms with Crippen molar-refractivity contribution in [2.75, 3.05) is 4.90 Å². The smallest absolute Gasteiger partial charge is 0.425 e. The lowest BCUT2D eigenvalue weighted by Crippen LogP contribution is -2.44. The van der Waals surface area contributed by atoms with Crippen molar-refractivity contribution in [1.29, 1.82) is 0 Å². The third-order valence-electron chi connectivity index (χ3n) is 4.54. The van der Waals surface area contributed by atoms with Gasteiger partial charge in [-0.1, -0.05) is 0 Å². The SMILES string of the molecule is Cc1c(-c2ccc3c(I)cnc(N(C(=O)OC(C)(C)C)C(=O)OC(C)(C)C)c3n2)cnn1C. The van der Waals surface area contributed by atoms with Crippen molar-refractivity contribution in [2.45, 2.75) is 59.7 Å². The molecule has 0 saturated heterocycles. The fourth-order valence-corrected chi connectivity index (χ4v) is 3.57. The number of amides is 2. The molecule has 0 aliphatic rings. The molecule has 0 radical (unpaired) electrons. The van der Waals surface area contributed by atoms with Crippen LogP contribution in [0.4, 0.5) is 15.4 Å². The van der Waals surface area contributed by atoms with Gasteiger partial charge in [0.15, 0.2) is 5.82 Å². The number of anilines is 1. The molecule has 2 amide bonds. The van der Waals surface area contributed by atoms with Gasteiger partial charge in [-0.15, -0.1) is 0 Å². The summed E-state index contributed by atoms with van der Waals surface area (Å²) in [7, 11) is 1.85. The summed E-state index contributed by atoms with van der Waals surface area (Å²) in [5, 5.41) is 5.02. The fraction of sp³-hybridized carbons (Fsp3) is 0.435. The van der Waals surface area contributed by atoms with E-state index < -0.39 is 23.4 Å². The third-order valence-corrected chi connectivity index (χ3v) is 5.40. The van der Waals surface area contributed by atoms with Gasteiger partial charge in [0.05, 0.1) is 11.9 Å². The van der Waals surface area contributed by atoms with Crippen molar-refractivity contribution >= 4 is 51.5 Å². The summed E-state index contributed by atoms with van der Waals surface area (Å²) in [6, 6.07) is 3.77. The van der Waals surface area contributed by atoms with Gasteiger partial charge in [-0.2, -0.15) is 10.00 Å². The van der Waals surface area contributed by atoms with Crippen LogP contribution >= 0.6 is 22.6 Å². The average molecular weight is 565 g/mol. The monoisotopic (exact) mass is 565 g/mol. The summed E-state index contributed by atoms with van der Waals surface area (Å²) in [5.41, 5.74) is 1.12. The zero-order chi connectivity index (χ0) is 24.7. The largest absolute Gasteiger partial charge is 0.443 e. The van der Waals surface area contributed by atoms with Crippen LogP contribution in [0.25, 0.3) is 22.2 Å². The Hall–Kier alpha value is -2.76. The summed E-state index contributed by atoms with van der Waals surface area (Å²) >= 11 is 2.14. The molecule has 3 aromatic rings. The van der Waals surface area contributed by atoms with Gasteiger partial charge in [-0.3, -0.25) is 4.68 Å². The Morgan fingerprint density at radius 2 is 1.58 bits per heavy atom. The Balaban J connectivity index is 2.23. The highest BCUT2D eigenvalue weighted by molar-refractivity contribution is 14.1. The molecule has 0 aliphatic carbocycles. The van der Waals surface area contributed by atoms with Crippen LogP contribution in [0.1, 0.15) is 47.2 Å². The molecule has 0 aliphatic heterocycles. The Bertz CT molecular complexity index is 1200.